The lowest BCUT2D eigenvalue weighted by atomic mass is 9.94. The SMILES string of the molecule is Cn1nc(-c2ccc(F)cc2)cc1C(=O)NCC1COC2(CCCCC2)O1. The molecule has 1 aliphatic carbocycles. The van der Waals surface area contributed by atoms with Crippen molar-refractivity contribution in [3.05, 3.63) is 41.8 Å². The third-order valence-electron chi connectivity index (χ3n) is 5.27. The van der Waals surface area contributed by atoms with Crippen molar-refractivity contribution < 1.29 is 18.7 Å². The molecule has 2 aliphatic rings. The van der Waals surface area contributed by atoms with Gasteiger partial charge in [-0.15, -0.1) is 0 Å². The van der Waals surface area contributed by atoms with Crippen LogP contribution in [0.1, 0.15) is 42.6 Å². The van der Waals surface area contributed by atoms with Crippen molar-refractivity contribution in [3.63, 3.8) is 0 Å². The Morgan fingerprint density at radius 3 is 2.78 bits per heavy atom. The van der Waals surface area contributed by atoms with Gasteiger partial charge in [-0.25, -0.2) is 4.39 Å². The molecule has 1 spiro atoms. The highest BCUT2D eigenvalue weighted by Crippen LogP contribution is 2.37. The Kier molecular flexibility index (Phi) is 4.97. The van der Waals surface area contributed by atoms with Crippen molar-refractivity contribution in [2.45, 2.75) is 44.0 Å². The van der Waals surface area contributed by atoms with E-state index in [1.807, 2.05) is 0 Å². The molecule has 1 unspecified atom stereocenters. The van der Waals surface area contributed by atoms with E-state index >= 15 is 0 Å². The lowest BCUT2D eigenvalue weighted by Gasteiger charge is -2.31. The number of nitrogens with one attached hydrogen (secondary N) is 1. The number of amides is 1. The Morgan fingerprint density at radius 2 is 2.04 bits per heavy atom. The van der Waals surface area contributed by atoms with Crippen molar-refractivity contribution in [1.82, 2.24) is 15.1 Å². The fourth-order valence-electron chi connectivity index (χ4n) is 3.81. The molecule has 27 heavy (non-hydrogen) atoms. The molecule has 1 saturated heterocycles. The number of aryl methyl sites for hydroxylation is 1. The van der Waals surface area contributed by atoms with E-state index in [4.69, 9.17) is 9.47 Å². The number of ether oxygens (including phenoxy) is 2. The topological polar surface area (TPSA) is 65.4 Å². The molecule has 2 fully saturated rings. The Balaban J connectivity index is 1.37. The fourth-order valence-corrected chi connectivity index (χ4v) is 3.81. The lowest BCUT2D eigenvalue weighted by molar-refractivity contribution is -0.186. The van der Waals surface area contributed by atoms with E-state index in [-0.39, 0.29) is 17.8 Å². The number of aromatic nitrogens is 2. The molecule has 2 heterocycles. The molecular formula is C20H24FN3O3. The highest BCUT2D eigenvalue weighted by molar-refractivity contribution is 5.93. The monoisotopic (exact) mass is 373 g/mol. The summed E-state index contributed by atoms with van der Waals surface area (Å²) >= 11 is 0. The van der Waals surface area contributed by atoms with Crippen LogP contribution < -0.4 is 5.32 Å². The van der Waals surface area contributed by atoms with E-state index in [1.165, 1.54) is 23.2 Å². The summed E-state index contributed by atoms with van der Waals surface area (Å²) in [5.41, 5.74) is 1.84. The van der Waals surface area contributed by atoms with Crippen molar-refractivity contribution in [2.24, 2.45) is 7.05 Å². The average Bonchev–Trinajstić information content (AvgIpc) is 3.25. The second-order valence-corrected chi connectivity index (χ2v) is 7.28. The van der Waals surface area contributed by atoms with Crippen LogP contribution in [0, 0.1) is 5.82 Å². The molecule has 1 aliphatic heterocycles. The predicted octanol–water partition coefficient (Wildman–Crippen LogP) is 3.03. The Labute approximate surface area is 157 Å². The van der Waals surface area contributed by atoms with Gasteiger partial charge < -0.3 is 14.8 Å². The van der Waals surface area contributed by atoms with E-state index < -0.39 is 5.79 Å². The summed E-state index contributed by atoms with van der Waals surface area (Å²) in [7, 11) is 1.72. The van der Waals surface area contributed by atoms with Gasteiger partial charge in [0.05, 0.1) is 12.3 Å². The maximum absolute atomic E-state index is 13.1. The first-order valence-corrected chi connectivity index (χ1v) is 9.45. The highest BCUT2D eigenvalue weighted by Gasteiger charge is 2.42. The largest absolute Gasteiger partial charge is 0.348 e. The van der Waals surface area contributed by atoms with E-state index in [2.05, 4.69) is 10.4 Å². The molecule has 4 rings (SSSR count). The highest BCUT2D eigenvalue weighted by atomic mass is 19.1. The van der Waals surface area contributed by atoms with Gasteiger partial charge in [-0.2, -0.15) is 5.10 Å². The molecule has 1 aromatic carbocycles. The van der Waals surface area contributed by atoms with Crippen LogP contribution in [-0.2, 0) is 16.5 Å². The van der Waals surface area contributed by atoms with Gasteiger partial charge in [-0.1, -0.05) is 6.42 Å². The molecule has 1 N–H and O–H groups in total. The van der Waals surface area contributed by atoms with Gasteiger partial charge in [-0.3, -0.25) is 9.48 Å². The third kappa shape index (κ3) is 3.89. The molecule has 1 saturated carbocycles. The molecule has 1 amide bonds. The molecule has 7 heteroatoms. The molecule has 0 radical (unpaired) electrons. The molecule has 2 aromatic rings. The minimum Gasteiger partial charge on any atom is -0.348 e. The summed E-state index contributed by atoms with van der Waals surface area (Å²) < 4.78 is 26.6. The first-order valence-electron chi connectivity index (χ1n) is 9.45. The summed E-state index contributed by atoms with van der Waals surface area (Å²) in [6.45, 7) is 0.907. The third-order valence-corrected chi connectivity index (χ3v) is 5.27. The van der Waals surface area contributed by atoms with E-state index in [0.717, 1.165) is 31.2 Å². The van der Waals surface area contributed by atoms with Crippen molar-refractivity contribution in [1.29, 1.82) is 0 Å². The van der Waals surface area contributed by atoms with Crippen LogP contribution >= 0.6 is 0 Å². The Morgan fingerprint density at radius 1 is 1.30 bits per heavy atom. The fraction of sp³-hybridized carbons (Fsp3) is 0.500. The van der Waals surface area contributed by atoms with Gasteiger partial charge in [0.15, 0.2) is 5.79 Å². The van der Waals surface area contributed by atoms with Crippen LogP contribution in [0.15, 0.2) is 30.3 Å². The molecule has 144 valence electrons. The number of nitrogens with zero attached hydrogens (tertiary/aromatic N) is 2. The Bertz CT molecular complexity index is 812. The van der Waals surface area contributed by atoms with Crippen LogP contribution in [0.2, 0.25) is 0 Å². The van der Waals surface area contributed by atoms with Gasteiger partial charge >= 0.3 is 0 Å². The van der Waals surface area contributed by atoms with Crippen LogP contribution in [0.25, 0.3) is 11.3 Å². The van der Waals surface area contributed by atoms with E-state index in [0.29, 0.717) is 24.5 Å². The second kappa shape index (κ2) is 7.40. The normalized spacial score (nSPS) is 21.5. The molecule has 1 aromatic heterocycles. The minimum absolute atomic E-state index is 0.128. The quantitative estimate of drug-likeness (QED) is 0.895. The number of carbonyl (C=O) groups is 1. The molecule has 0 bridgehead atoms. The zero-order valence-corrected chi connectivity index (χ0v) is 15.4. The molecular weight excluding hydrogens is 349 g/mol. The van der Waals surface area contributed by atoms with Crippen molar-refractivity contribution in [2.75, 3.05) is 13.2 Å². The zero-order chi connectivity index (χ0) is 18.9. The molecule has 6 nitrogen and oxygen atoms in total. The van der Waals surface area contributed by atoms with Gasteiger partial charge in [0.2, 0.25) is 0 Å². The van der Waals surface area contributed by atoms with Crippen LogP contribution in [0.5, 0.6) is 0 Å². The first kappa shape index (κ1) is 18.1. The number of hydrogen-bond donors (Lipinski definition) is 1. The maximum atomic E-state index is 13.1. The van der Waals surface area contributed by atoms with Crippen molar-refractivity contribution in [3.8, 4) is 11.3 Å². The average molecular weight is 373 g/mol. The maximum Gasteiger partial charge on any atom is 0.269 e. The first-order chi connectivity index (χ1) is 13.0. The summed E-state index contributed by atoms with van der Waals surface area (Å²) in [6.07, 6.45) is 5.21. The number of rotatable bonds is 4. The number of carbonyl (C=O) groups excluding carboxylic acids is 1. The van der Waals surface area contributed by atoms with Crippen LogP contribution in [0.4, 0.5) is 4.39 Å². The summed E-state index contributed by atoms with van der Waals surface area (Å²) in [4.78, 5) is 12.6. The van der Waals surface area contributed by atoms with E-state index in [9.17, 15) is 9.18 Å². The van der Waals surface area contributed by atoms with E-state index in [1.54, 1.807) is 25.2 Å². The van der Waals surface area contributed by atoms with Crippen LogP contribution in [-0.4, -0.2) is 40.7 Å². The number of halogens is 1. The smallest absolute Gasteiger partial charge is 0.269 e. The predicted molar refractivity (Wildman–Crippen MR) is 97.6 cm³/mol. The zero-order valence-electron chi connectivity index (χ0n) is 15.4. The van der Waals surface area contributed by atoms with Gasteiger partial charge in [0.1, 0.15) is 17.6 Å². The van der Waals surface area contributed by atoms with Gasteiger partial charge in [0.25, 0.3) is 5.91 Å². The number of benzene rings is 1. The minimum atomic E-state index is -0.435. The summed E-state index contributed by atoms with van der Waals surface area (Å²) in [5, 5.41) is 7.27. The lowest BCUT2D eigenvalue weighted by Crippen LogP contribution is -2.37. The van der Waals surface area contributed by atoms with Gasteiger partial charge in [-0.05, 0) is 43.2 Å². The van der Waals surface area contributed by atoms with Crippen molar-refractivity contribution >= 4 is 5.91 Å². The van der Waals surface area contributed by atoms with Crippen LogP contribution in [0.3, 0.4) is 0 Å². The number of hydrogen-bond acceptors (Lipinski definition) is 4. The molecule has 1 atom stereocenters. The van der Waals surface area contributed by atoms with Gasteiger partial charge in [0, 0.05) is 32.0 Å². The summed E-state index contributed by atoms with van der Waals surface area (Å²) in [6, 6.07) is 7.75. The summed E-state index contributed by atoms with van der Waals surface area (Å²) in [5.74, 6) is -0.954. The standard InChI is InChI=1S/C20H24FN3O3/c1-24-18(11-17(23-24)14-5-7-15(21)8-6-14)19(25)22-12-16-13-26-20(27-16)9-3-2-4-10-20/h5-8,11,16H,2-4,9-10,12-13H2,1H3,(H,22,25). The second-order valence-electron chi connectivity index (χ2n) is 7.28. The Hall–Kier alpha value is -2.25.